The van der Waals surface area contributed by atoms with Gasteiger partial charge in [-0.3, -0.25) is 4.79 Å². The Morgan fingerprint density at radius 1 is 1.15 bits per heavy atom. The summed E-state index contributed by atoms with van der Waals surface area (Å²) in [4.78, 5) is 18.3. The molecule has 1 aromatic heterocycles. The van der Waals surface area contributed by atoms with Crippen LogP contribution in [0.2, 0.25) is 0 Å². The van der Waals surface area contributed by atoms with E-state index in [1.807, 2.05) is 38.1 Å². The van der Waals surface area contributed by atoms with Gasteiger partial charge in [0.1, 0.15) is 5.82 Å². The summed E-state index contributed by atoms with van der Waals surface area (Å²) in [5.74, 6) is 0.152. The molecule has 132 valence electrons. The molecular weight excluding hydrogens is 333 g/mol. The third-order valence-corrected chi connectivity index (χ3v) is 4.59. The van der Waals surface area contributed by atoms with Crippen LogP contribution >= 0.6 is 0 Å². The minimum absolute atomic E-state index is 0.139. The zero-order valence-electron chi connectivity index (χ0n) is 14.6. The molecule has 3 aromatic rings. The monoisotopic (exact) mass is 351 g/mol. The van der Waals surface area contributed by atoms with Gasteiger partial charge in [0.15, 0.2) is 5.82 Å². The quantitative estimate of drug-likeness (QED) is 0.715. The predicted octanol–water partition coefficient (Wildman–Crippen LogP) is 4.01. The lowest BCUT2D eigenvalue weighted by Gasteiger charge is -2.17. The first-order valence-electron chi connectivity index (χ1n) is 8.48. The van der Waals surface area contributed by atoms with Crippen molar-refractivity contribution in [3.63, 3.8) is 0 Å². The Morgan fingerprint density at radius 2 is 1.96 bits per heavy atom. The van der Waals surface area contributed by atoms with Crippen molar-refractivity contribution < 1.29 is 13.7 Å². The van der Waals surface area contributed by atoms with Crippen molar-refractivity contribution in [1.82, 2.24) is 10.1 Å². The first-order valence-corrected chi connectivity index (χ1v) is 8.48. The van der Waals surface area contributed by atoms with Crippen molar-refractivity contribution in [2.75, 3.05) is 11.4 Å². The van der Waals surface area contributed by atoms with Crippen LogP contribution in [0, 0.1) is 19.7 Å². The molecule has 2 heterocycles. The highest BCUT2D eigenvalue weighted by Crippen LogP contribution is 2.33. The number of benzene rings is 2. The van der Waals surface area contributed by atoms with E-state index in [-0.39, 0.29) is 18.2 Å². The average Bonchev–Trinajstić information content (AvgIpc) is 3.22. The van der Waals surface area contributed by atoms with Gasteiger partial charge < -0.3 is 9.42 Å². The highest BCUT2D eigenvalue weighted by Gasteiger charge is 2.35. The van der Waals surface area contributed by atoms with E-state index < -0.39 is 5.82 Å². The molecule has 5 nitrogen and oxygen atoms in total. The lowest BCUT2D eigenvalue weighted by atomic mass is 10.1. The highest BCUT2D eigenvalue weighted by molar-refractivity contribution is 5.96. The molecule has 6 heteroatoms. The molecule has 1 unspecified atom stereocenters. The first-order chi connectivity index (χ1) is 12.5. The van der Waals surface area contributed by atoms with Crippen LogP contribution in [-0.2, 0) is 4.79 Å². The van der Waals surface area contributed by atoms with Crippen LogP contribution < -0.4 is 4.90 Å². The maximum atomic E-state index is 14.2. The standard InChI is InChI=1S/C20H18FN3O2/c1-12-4-3-5-14(8-12)20-22-19(23-26-20)15-10-18(25)24(11-15)17-7-6-13(2)9-16(17)21/h3-9,15H,10-11H2,1-2H3. The number of nitrogens with zero attached hydrogens (tertiary/aromatic N) is 3. The second-order valence-corrected chi connectivity index (χ2v) is 6.69. The minimum atomic E-state index is -0.396. The summed E-state index contributed by atoms with van der Waals surface area (Å²) in [6.07, 6.45) is 0.236. The van der Waals surface area contributed by atoms with E-state index in [1.165, 1.54) is 11.0 Å². The summed E-state index contributed by atoms with van der Waals surface area (Å²) in [6, 6.07) is 12.6. The molecule has 0 aliphatic carbocycles. The predicted molar refractivity (Wildman–Crippen MR) is 95.3 cm³/mol. The van der Waals surface area contributed by atoms with E-state index in [4.69, 9.17) is 4.52 Å². The van der Waals surface area contributed by atoms with Crippen LogP contribution in [0.15, 0.2) is 47.0 Å². The van der Waals surface area contributed by atoms with Gasteiger partial charge in [0.2, 0.25) is 5.91 Å². The van der Waals surface area contributed by atoms with Crippen molar-refractivity contribution >= 4 is 11.6 Å². The van der Waals surface area contributed by atoms with Gasteiger partial charge in [-0.25, -0.2) is 4.39 Å². The number of rotatable bonds is 3. The third kappa shape index (κ3) is 2.98. The first kappa shape index (κ1) is 16.4. The molecule has 0 radical (unpaired) electrons. The highest BCUT2D eigenvalue weighted by atomic mass is 19.1. The summed E-state index contributed by atoms with van der Waals surface area (Å²) in [5, 5.41) is 4.04. The topological polar surface area (TPSA) is 59.2 Å². The number of carbonyl (C=O) groups excluding carboxylic acids is 1. The lowest BCUT2D eigenvalue weighted by molar-refractivity contribution is -0.117. The van der Waals surface area contributed by atoms with E-state index in [0.29, 0.717) is 23.9 Å². The van der Waals surface area contributed by atoms with Gasteiger partial charge in [-0.2, -0.15) is 4.98 Å². The molecule has 26 heavy (non-hydrogen) atoms. The largest absolute Gasteiger partial charge is 0.334 e. The van der Waals surface area contributed by atoms with Crippen molar-refractivity contribution in [1.29, 1.82) is 0 Å². The molecule has 1 saturated heterocycles. The number of halogens is 1. The molecule has 1 atom stereocenters. The van der Waals surface area contributed by atoms with E-state index in [0.717, 1.165) is 16.7 Å². The molecule has 1 aliphatic rings. The summed E-state index contributed by atoms with van der Waals surface area (Å²) >= 11 is 0. The Morgan fingerprint density at radius 3 is 2.73 bits per heavy atom. The summed E-state index contributed by atoms with van der Waals surface area (Å²) < 4.78 is 19.6. The van der Waals surface area contributed by atoms with Crippen molar-refractivity contribution in [2.45, 2.75) is 26.2 Å². The maximum absolute atomic E-state index is 14.2. The summed E-state index contributed by atoms with van der Waals surface area (Å²) in [6.45, 7) is 4.14. The van der Waals surface area contributed by atoms with Gasteiger partial charge in [0, 0.05) is 24.4 Å². The molecule has 1 fully saturated rings. The second kappa shape index (κ2) is 6.37. The zero-order chi connectivity index (χ0) is 18.3. The molecule has 0 saturated carbocycles. The SMILES string of the molecule is Cc1cccc(-c2nc(C3CC(=O)N(c4ccc(C)cc4F)C3)no2)c1. The van der Waals surface area contributed by atoms with Gasteiger partial charge >= 0.3 is 0 Å². The number of hydrogen-bond acceptors (Lipinski definition) is 4. The molecule has 0 bridgehead atoms. The Bertz CT molecular complexity index is 983. The molecule has 1 aliphatic heterocycles. The summed E-state index contributed by atoms with van der Waals surface area (Å²) in [7, 11) is 0. The average molecular weight is 351 g/mol. The lowest BCUT2D eigenvalue weighted by Crippen LogP contribution is -2.25. The van der Waals surface area contributed by atoms with Crippen LogP contribution in [0.1, 0.15) is 29.3 Å². The molecule has 0 N–H and O–H groups in total. The Hall–Kier alpha value is -3.02. The van der Waals surface area contributed by atoms with Gasteiger partial charge in [0.05, 0.1) is 5.69 Å². The van der Waals surface area contributed by atoms with Crippen molar-refractivity contribution in [2.24, 2.45) is 0 Å². The van der Waals surface area contributed by atoms with Gasteiger partial charge in [-0.15, -0.1) is 0 Å². The molecule has 0 spiro atoms. The fraction of sp³-hybridized carbons (Fsp3) is 0.250. The normalized spacial score (nSPS) is 17.1. The van der Waals surface area contributed by atoms with Crippen LogP contribution in [0.5, 0.6) is 0 Å². The van der Waals surface area contributed by atoms with Gasteiger partial charge in [-0.1, -0.05) is 28.9 Å². The van der Waals surface area contributed by atoms with Crippen LogP contribution in [0.25, 0.3) is 11.5 Å². The molecule has 4 rings (SSSR count). The zero-order valence-corrected chi connectivity index (χ0v) is 14.6. The smallest absolute Gasteiger partial charge is 0.257 e. The number of hydrogen-bond donors (Lipinski definition) is 0. The van der Waals surface area contributed by atoms with Gasteiger partial charge in [0.25, 0.3) is 5.89 Å². The van der Waals surface area contributed by atoms with E-state index in [1.54, 1.807) is 12.1 Å². The van der Waals surface area contributed by atoms with Gasteiger partial charge in [-0.05, 0) is 43.7 Å². The van der Waals surface area contributed by atoms with E-state index in [2.05, 4.69) is 10.1 Å². The Labute approximate surface area is 150 Å². The molecule has 2 aromatic carbocycles. The van der Waals surface area contributed by atoms with Crippen LogP contribution in [0.3, 0.4) is 0 Å². The van der Waals surface area contributed by atoms with E-state index in [9.17, 15) is 9.18 Å². The number of aryl methyl sites for hydroxylation is 2. The number of aromatic nitrogens is 2. The number of carbonyl (C=O) groups is 1. The fourth-order valence-electron chi connectivity index (χ4n) is 3.24. The molecule has 1 amide bonds. The maximum Gasteiger partial charge on any atom is 0.257 e. The van der Waals surface area contributed by atoms with Crippen LogP contribution in [-0.4, -0.2) is 22.6 Å². The second-order valence-electron chi connectivity index (χ2n) is 6.69. The van der Waals surface area contributed by atoms with E-state index >= 15 is 0 Å². The minimum Gasteiger partial charge on any atom is -0.334 e. The van der Waals surface area contributed by atoms with Crippen molar-refractivity contribution in [3.8, 4) is 11.5 Å². The van der Waals surface area contributed by atoms with Crippen molar-refractivity contribution in [3.05, 3.63) is 65.2 Å². The Kier molecular flexibility index (Phi) is 4.03. The number of anilines is 1. The number of amides is 1. The fourth-order valence-corrected chi connectivity index (χ4v) is 3.24. The molecular formula is C20H18FN3O2. The third-order valence-electron chi connectivity index (χ3n) is 4.59. The van der Waals surface area contributed by atoms with Crippen LogP contribution in [0.4, 0.5) is 10.1 Å². The summed E-state index contributed by atoms with van der Waals surface area (Å²) in [5.41, 5.74) is 3.05. The Balaban J connectivity index is 1.58.